The fraction of sp³-hybridized carbons (Fsp3) is 0.194. The highest BCUT2D eigenvalue weighted by Gasteiger charge is 2.26. The predicted octanol–water partition coefficient (Wildman–Crippen LogP) is 5.65. The first-order chi connectivity index (χ1) is 17.7. The highest BCUT2D eigenvalue weighted by molar-refractivity contribution is 5.92. The first-order valence-electron chi connectivity index (χ1n) is 12.4. The first kappa shape index (κ1) is 22.4. The van der Waals surface area contributed by atoms with Crippen LogP contribution in [0.2, 0.25) is 0 Å². The lowest BCUT2D eigenvalue weighted by Gasteiger charge is -2.23. The molecule has 1 heterocycles. The van der Waals surface area contributed by atoms with Crippen molar-refractivity contribution in [1.29, 1.82) is 0 Å². The van der Waals surface area contributed by atoms with Crippen molar-refractivity contribution in [3.63, 3.8) is 0 Å². The van der Waals surface area contributed by atoms with E-state index in [9.17, 15) is 9.90 Å². The number of amides is 1. The molecule has 5 nitrogen and oxygen atoms in total. The molecule has 2 unspecified atom stereocenters. The summed E-state index contributed by atoms with van der Waals surface area (Å²) in [5.41, 5.74) is 7.12. The van der Waals surface area contributed by atoms with Crippen LogP contribution in [0, 0.1) is 5.92 Å². The monoisotopic (exact) mass is 473 g/mol. The fourth-order valence-corrected chi connectivity index (χ4v) is 5.15. The number of aliphatic hydroxyl groups excluding tert-OH is 1. The molecule has 178 valence electrons. The van der Waals surface area contributed by atoms with E-state index in [2.05, 4.69) is 41.8 Å². The molecule has 3 aliphatic carbocycles. The lowest BCUT2D eigenvalue weighted by atomic mass is 9.85. The molecule has 5 heteroatoms. The van der Waals surface area contributed by atoms with Gasteiger partial charge >= 0.3 is 0 Å². The molecule has 0 bridgehead atoms. The number of hydrogen-bond donors (Lipinski definition) is 2. The van der Waals surface area contributed by atoms with Gasteiger partial charge in [0.2, 0.25) is 5.91 Å². The smallest absolute Gasteiger partial charge is 0.229 e. The van der Waals surface area contributed by atoms with Crippen molar-refractivity contribution in [3.8, 4) is 11.3 Å². The summed E-state index contributed by atoms with van der Waals surface area (Å²) in [5, 5.41) is 14.3. The molecule has 0 saturated heterocycles. The van der Waals surface area contributed by atoms with Crippen molar-refractivity contribution in [2.75, 3.05) is 5.32 Å². The van der Waals surface area contributed by atoms with Crippen molar-refractivity contribution in [2.45, 2.75) is 31.8 Å². The van der Waals surface area contributed by atoms with E-state index < -0.39 is 6.10 Å². The van der Waals surface area contributed by atoms with E-state index >= 15 is 0 Å². The summed E-state index contributed by atoms with van der Waals surface area (Å²) in [4.78, 5) is 22.9. The second-order valence-corrected chi connectivity index (χ2v) is 9.46. The molecule has 2 atom stereocenters. The van der Waals surface area contributed by atoms with Crippen LogP contribution < -0.4 is 5.32 Å². The Balaban J connectivity index is 1.33. The Labute approximate surface area is 210 Å². The van der Waals surface area contributed by atoms with Crippen LogP contribution >= 0.6 is 0 Å². The number of allylic oxidation sites excluding steroid dienone is 7. The lowest BCUT2D eigenvalue weighted by Crippen LogP contribution is -2.20. The van der Waals surface area contributed by atoms with Crippen molar-refractivity contribution >= 4 is 11.7 Å². The maximum atomic E-state index is 13.1. The number of nitrogens with zero attached hydrogens (tertiary/aromatic N) is 2. The van der Waals surface area contributed by atoms with Crippen molar-refractivity contribution < 1.29 is 9.90 Å². The minimum absolute atomic E-state index is 0.178. The van der Waals surface area contributed by atoms with E-state index in [4.69, 9.17) is 9.97 Å². The number of nitrogens with one attached hydrogen (secondary N) is 1. The zero-order valence-electron chi connectivity index (χ0n) is 19.9. The zero-order valence-corrected chi connectivity index (χ0v) is 19.9. The van der Waals surface area contributed by atoms with E-state index in [0.29, 0.717) is 23.0 Å². The minimum atomic E-state index is -1.01. The van der Waals surface area contributed by atoms with E-state index in [1.807, 2.05) is 54.6 Å². The van der Waals surface area contributed by atoms with E-state index in [1.165, 1.54) is 11.1 Å². The molecule has 6 rings (SSSR count). The Bertz CT molecular complexity index is 1450. The van der Waals surface area contributed by atoms with Gasteiger partial charge in [-0.05, 0) is 41.5 Å². The molecule has 1 amide bonds. The van der Waals surface area contributed by atoms with Crippen LogP contribution in [0.25, 0.3) is 11.3 Å². The minimum Gasteiger partial charge on any atom is -0.382 e. The Morgan fingerprint density at radius 1 is 1.06 bits per heavy atom. The number of anilines is 1. The number of aliphatic hydroxyl groups is 1. The number of aromatic nitrogens is 2. The number of aryl methyl sites for hydroxylation is 2. The highest BCUT2D eigenvalue weighted by Crippen LogP contribution is 2.36. The topological polar surface area (TPSA) is 75.1 Å². The number of hydrogen-bond acceptors (Lipinski definition) is 4. The maximum absolute atomic E-state index is 13.1. The number of carbonyl (C=O) groups is 1. The van der Waals surface area contributed by atoms with Gasteiger partial charge in [-0.2, -0.15) is 0 Å². The van der Waals surface area contributed by atoms with Gasteiger partial charge in [-0.3, -0.25) is 4.79 Å². The molecule has 0 radical (unpaired) electrons. The van der Waals surface area contributed by atoms with Gasteiger partial charge in [0.1, 0.15) is 11.8 Å². The molecule has 2 N–H and O–H groups in total. The number of benzene rings is 2. The molecule has 0 spiro atoms. The van der Waals surface area contributed by atoms with Crippen molar-refractivity contribution in [3.05, 3.63) is 125 Å². The van der Waals surface area contributed by atoms with Gasteiger partial charge < -0.3 is 10.4 Å². The Morgan fingerprint density at radius 3 is 2.78 bits per heavy atom. The van der Waals surface area contributed by atoms with Gasteiger partial charge in [-0.1, -0.05) is 91.1 Å². The average molecular weight is 474 g/mol. The summed E-state index contributed by atoms with van der Waals surface area (Å²) in [6.07, 6.45) is 14.5. The lowest BCUT2D eigenvalue weighted by molar-refractivity contribution is -0.115. The quantitative estimate of drug-likeness (QED) is 0.502. The van der Waals surface area contributed by atoms with E-state index in [0.717, 1.165) is 41.8 Å². The fourth-order valence-electron chi connectivity index (χ4n) is 5.15. The molecular formula is C31H27N3O2. The summed E-state index contributed by atoms with van der Waals surface area (Å²) >= 11 is 0. The number of fused-ring (bicyclic) bond motifs is 4. The van der Waals surface area contributed by atoms with E-state index in [1.54, 1.807) is 0 Å². The van der Waals surface area contributed by atoms with Gasteiger partial charge in [-0.15, -0.1) is 0 Å². The number of carbonyl (C=O) groups excluding carboxylic acids is 1. The van der Waals surface area contributed by atoms with Gasteiger partial charge in [0.25, 0.3) is 0 Å². The third-order valence-electron chi connectivity index (χ3n) is 7.03. The van der Waals surface area contributed by atoms with Crippen LogP contribution in [-0.2, 0) is 17.6 Å². The summed E-state index contributed by atoms with van der Waals surface area (Å²) < 4.78 is 0. The summed E-state index contributed by atoms with van der Waals surface area (Å²) in [7, 11) is 0. The van der Waals surface area contributed by atoms with Crippen molar-refractivity contribution in [1.82, 2.24) is 9.97 Å². The molecular weight excluding hydrogens is 446 g/mol. The predicted molar refractivity (Wildman–Crippen MR) is 141 cm³/mol. The Morgan fingerprint density at radius 2 is 1.89 bits per heavy atom. The van der Waals surface area contributed by atoms with Crippen LogP contribution in [0.15, 0.2) is 102 Å². The Hall–Kier alpha value is -4.09. The highest BCUT2D eigenvalue weighted by atomic mass is 16.3. The summed E-state index contributed by atoms with van der Waals surface area (Å²) in [5.74, 6) is 0.541. The molecule has 0 aliphatic heterocycles. The van der Waals surface area contributed by atoms with Crippen LogP contribution in [0.3, 0.4) is 0 Å². The summed E-state index contributed by atoms with van der Waals surface area (Å²) in [6.45, 7) is 0. The summed E-state index contributed by atoms with van der Waals surface area (Å²) in [6, 6.07) is 17.5. The van der Waals surface area contributed by atoms with Crippen LogP contribution in [-0.4, -0.2) is 21.0 Å². The molecule has 3 aromatic rings. The third-order valence-corrected chi connectivity index (χ3v) is 7.03. The number of rotatable bonds is 5. The largest absolute Gasteiger partial charge is 0.382 e. The van der Waals surface area contributed by atoms with Crippen LogP contribution in [0.1, 0.15) is 41.5 Å². The van der Waals surface area contributed by atoms with Crippen molar-refractivity contribution in [2.24, 2.45) is 5.92 Å². The van der Waals surface area contributed by atoms with Gasteiger partial charge in [0.05, 0.1) is 17.8 Å². The normalized spacial score (nSPS) is 18.3. The second kappa shape index (κ2) is 9.51. The molecule has 0 fully saturated rings. The zero-order chi connectivity index (χ0) is 24.5. The van der Waals surface area contributed by atoms with E-state index in [-0.39, 0.29) is 12.3 Å². The van der Waals surface area contributed by atoms with Crippen LogP contribution in [0.4, 0.5) is 5.82 Å². The third kappa shape index (κ3) is 4.34. The maximum Gasteiger partial charge on any atom is 0.229 e. The molecule has 3 aliphatic rings. The van der Waals surface area contributed by atoms with Crippen LogP contribution in [0.5, 0.6) is 0 Å². The van der Waals surface area contributed by atoms with Gasteiger partial charge in [0, 0.05) is 11.5 Å². The first-order valence-corrected chi connectivity index (χ1v) is 12.4. The SMILES string of the molecule is O=C(CC1=CC2=CC=CCC2C=C1)Nc1nc2c(nc1C(O)c1ccccc1)-c1ccccc1CC2. The Kier molecular flexibility index (Phi) is 5.91. The molecule has 0 saturated carbocycles. The molecule has 2 aromatic carbocycles. The average Bonchev–Trinajstić information content (AvgIpc) is 2.92. The molecule has 1 aromatic heterocycles. The van der Waals surface area contributed by atoms with Gasteiger partial charge in [-0.25, -0.2) is 9.97 Å². The second-order valence-electron chi connectivity index (χ2n) is 9.46. The van der Waals surface area contributed by atoms with Gasteiger partial charge in [0.15, 0.2) is 5.82 Å². The standard InChI is InChI=1S/C31H27N3O2/c35-27(19-20-14-15-21-8-4-5-12-24(21)18-20)33-31-29(30(36)23-10-2-1-3-11-23)34-28-25-13-7-6-9-22(25)16-17-26(28)32-31/h1-7,9-15,18,21,30,36H,8,16-17,19H2,(H,32,33,35). The molecule has 36 heavy (non-hydrogen) atoms.